The summed E-state index contributed by atoms with van der Waals surface area (Å²) in [5.41, 5.74) is 1.22. The Hall–Kier alpha value is -2.12. The number of rotatable bonds is 2. The molecule has 0 saturated carbocycles. The number of nitrogens with one attached hydrogen (secondary N) is 1. The van der Waals surface area contributed by atoms with Gasteiger partial charge in [0.2, 0.25) is 0 Å². The molecule has 6 nitrogen and oxygen atoms in total. The van der Waals surface area contributed by atoms with E-state index < -0.39 is 10.4 Å². The maximum atomic E-state index is 10.6. The SMILES string of the molecule is O=S(=O)(O)Oc1nc2c(ccc3ccccc32)[nH]1. The molecule has 2 aromatic carbocycles. The Balaban J connectivity index is 2.26. The Labute approximate surface area is 102 Å². The molecule has 18 heavy (non-hydrogen) atoms. The first-order valence-corrected chi connectivity index (χ1v) is 6.44. The van der Waals surface area contributed by atoms with Gasteiger partial charge in [-0.05, 0) is 11.5 Å². The van der Waals surface area contributed by atoms with Crippen LogP contribution in [0.25, 0.3) is 21.8 Å². The van der Waals surface area contributed by atoms with Gasteiger partial charge in [-0.2, -0.15) is 13.4 Å². The maximum Gasteiger partial charge on any atom is 0.449 e. The zero-order chi connectivity index (χ0) is 12.8. The molecular weight excluding hydrogens is 256 g/mol. The third kappa shape index (κ3) is 1.89. The van der Waals surface area contributed by atoms with Gasteiger partial charge in [0, 0.05) is 5.39 Å². The van der Waals surface area contributed by atoms with Gasteiger partial charge in [0.05, 0.1) is 5.52 Å². The molecule has 0 aliphatic heterocycles. The molecule has 0 aliphatic rings. The first-order chi connectivity index (χ1) is 8.53. The van der Waals surface area contributed by atoms with Gasteiger partial charge in [-0.15, -0.1) is 0 Å². The van der Waals surface area contributed by atoms with E-state index in [2.05, 4.69) is 14.2 Å². The van der Waals surface area contributed by atoms with Crippen LogP contribution in [0, 0.1) is 0 Å². The quantitative estimate of drug-likeness (QED) is 0.689. The summed E-state index contributed by atoms with van der Waals surface area (Å²) in [6, 6.07) is 10.9. The van der Waals surface area contributed by atoms with Crippen molar-refractivity contribution in [2.75, 3.05) is 0 Å². The zero-order valence-electron chi connectivity index (χ0n) is 8.99. The average molecular weight is 264 g/mol. The summed E-state index contributed by atoms with van der Waals surface area (Å²) in [4.78, 5) is 6.68. The van der Waals surface area contributed by atoms with Crippen LogP contribution in [0.2, 0.25) is 0 Å². The number of aromatic nitrogens is 2. The summed E-state index contributed by atoms with van der Waals surface area (Å²) in [6.45, 7) is 0. The van der Waals surface area contributed by atoms with Crippen molar-refractivity contribution < 1.29 is 17.2 Å². The number of H-pyrrole nitrogens is 1. The van der Waals surface area contributed by atoms with Gasteiger partial charge in [0.25, 0.3) is 0 Å². The van der Waals surface area contributed by atoms with Crippen LogP contribution in [0.5, 0.6) is 6.01 Å². The Morgan fingerprint density at radius 1 is 1.17 bits per heavy atom. The molecule has 0 fully saturated rings. The lowest BCUT2D eigenvalue weighted by Crippen LogP contribution is -2.07. The summed E-state index contributed by atoms with van der Waals surface area (Å²) in [5.74, 6) is 0. The number of aromatic amines is 1. The van der Waals surface area contributed by atoms with E-state index >= 15 is 0 Å². The molecule has 92 valence electrons. The highest BCUT2D eigenvalue weighted by atomic mass is 32.3. The largest absolute Gasteiger partial charge is 0.449 e. The van der Waals surface area contributed by atoms with Crippen molar-refractivity contribution in [1.82, 2.24) is 9.97 Å². The minimum Gasteiger partial charge on any atom is -0.324 e. The summed E-state index contributed by atoms with van der Waals surface area (Å²) < 4.78 is 34.1. The van der Waals surface area contributed by atoms with E-state index in [9.17, 15) is 8.42 Å². The van der Waals surface area contributed by atoms with Crippen LogP contribution in [-0.4, -0.2) is 22.9 Å². The van der Waals surface area contributed by atoms with Crippen molar-refractivity contribution in [3.8, 4) is 6.01 Å². The van der Waals surface area contributed by atoms with Gasteiger partial charge < -0.3 is 9.17 Å². The number of hydrogen-bond acceptors (Lipinski definition) is 4. The molecule has 3 aromatic rings. The van der Waals surface area contributed by atoms with Gasteiger partial charge in [-0.3, -0.25) is 4.55 Å². The van der Waals surface area contributed by atoms with Crippen LogP contribution < -0.4 is 4.18 Å². The Morgan fingerprint density at radius 3 is 2.72 bits per heavy atom. The first kappa shape index (κ1) is 11.0. The third-order valence-electron chi connectivity index (χ3n) is 2.54. The van der Waals surface area contributed by atoms with E-state index in [1.165, 1.54) is 0 Å². The topological polar surface area (TPSA) is 92.3 Å². The second-order valence-electron chi connectivity index (χ2n) is 3.74. The summed E-state index contributed by atoms with van der Waals surface area (Å²) in [6.07, 6.45) is 0. The lowest BCUT2D eigenvalue weighted by atomic mass is 10.1. The molecule has 0 aliphatic carbocycles. The van der Waals surface area contributed by atoms with Crippen LogP contribution in [0.3, 0.4) is 0 Å². The fourth-order valence-corrected chi connectivity index (χ4v) is 2.14. The van der Waals surface area contributed by atoms with Gasteiger partial charge in [-0.1, -0.05) is 30.3 Å². The molecule has 0 unspecified atom stereocenters. The highest BCUT2D eigenvalue weighted by Gasteiger charge is 2.12. The average Bonchev–Trinajstić information content (AvgIpc) is 2.69. The van der Waals surface area contributed by atoms with Crippen molar-refractivity contribution in [3.05, 3.63) is 36.4 Å². The zero-order valence-corrected chi connectivity index (χ0v) is 9.81. The van der Waals surface area contributed by atoms with E-state index in [1.807, 2.05) is 30.3 Å². The minimum atomic E-state index is -4.57. The van der Waals surface area contributed by atoms with E-state index in [4.69, 9.17) is 4.55 Å². The van der Waals surface area contributed by atoms with Crippen LogP contribution in [0.15, 0.2) is 36.4 Å². The molecule has 0 amide bonds. The molecule has 0 spiro atoms. The molecule has 2 N–H and O–H groups in total. The standard InChI is InChI=1S/C11H8N2O4S/c14-18(15,16)17-11-12-9-6-5-7-3-1-2-4-8(7)10(9)13-11/h1-6H,(H,12,13)(H,14,15,16). The summed E-state index contributed by atoms with van der Waals surface area (Å²) >= 11 is 0. The highest BCUT2D eigenvalue weighted by molar-refractivity contribution is 7.81. The Kier molecular flexibility index (Phi) is 2.25. The molecule has 0 radical (unpaired) electrons. The van der Waals surface area contributed by atoms with Crippen molar-refractivity contribution in [3.63, 3.8) is 0 Å². The Morgan fingerprint density at radius 2 is 1.94 bits per heavy atom. The molecule has 1 aromatic heterocycles. The normalized spacial score (nSPS) is 12.1. The first-order valence-electron chi connectivity index (χ1n) is 5.07. The molecule has 3 rings (SSSR count). The monoisotopic (exact) mass is 264 g/mol. The number of hydrogen-bond donors (Lipinski definition) is 2. The lowest BCUT2D eigenvalue weighted by molar-refractivity contribution is 0.376. The molecule has 1 heterocycles. The summed E-state index contributed by atoms with van der Waals surface area (Å²) in [5, 5.41) is 1.85. The van der Waals surface area contributed by atoms with Crippen LogP contribution >= 0.6 is 0 Å². The van der Waals surface area contributed by atoms with Gasteiger partial charge >= 0.3 is 16.4 Å². The predicted molar refractivity (Wildman–Crippen MR) is 65.8 cm³/mol. The fourth-order valence-electron chi connectivity index (χ4n) is 1.86. The van der Waals surface area contributed by atoms with E-state index in [1.54, 1.807) is 6.07 Å². The van der Waals surface area contributed by atoms with E-state index in [-0.39, 0.29) is 6.01 Å². The van der Waals surface area contributed by atoms with Crippen LogP contribution in [0.4, 0.5) is 0 Å². The second-order valence-corrected chi connectivity index (χ2v) is 4.76. The van der Waals surface area contributed by atoms with Crippen LogP contribution in [-0.2, 0) is 10.4 Å². The van der Waals surface area contributed by atoms with E-state index in [0.717, 1.165) is 10.8 Å². The summed E-state index contributed by atoms with van der Waals surface area (Å²) in [7, 11) is -4.57. The highest BCUT2D eigenvalue weighted by Crippen LogP contribution is 2.25. The number of benzene rings is 2. The Bertz CT molecular complexity index is 838. The fraction of sp³-hybridized carbons (Fsp3) is 0. The molecule has 0 atom stereocenters. The van der Waals surface area contributed by atoms with Crippen molar-refractivity contribution >= 4 is 32.2 Å². The van der Waals surface area contributed by atoms with Crippen LogP contribution in [0.1, 0.15) is 0 Å². The smallest absolute Gasteiger partial charge is 0.324 e. The number of nitrogens with zero attached hydrogens (tertiary/aromatic N) is 1. The van der Waals surface area contributed by atoms with Gasteiger partial charge in [-0.25, -0.2) is 0 Å². The van der Waals surface area contributed by atoms with Crippen molar-refractivity contribution in [2.45, 2.75) is 0 Å². The second kappa shape index (κ2) is 3.69. The maximum absolute atomic E-state index is 10.6. The molecule has 7 heteroatoms. The number of fused-ring (bicyclic) bond motifs is 3. The molecule has 0 bridgehead atoms. The van der Waals surface area contributed by atoms with Crippen molar-refractivity contribution in [2.24, 2.45) is 0 Å². The number of imidazole rings is 1. The van der Waals surface area contributed by atoms with Gasteiger partial charge in [0.1, 0.15) is 5.52 Å². The minimum absolute atomic E-state index is 0.260. The lowest BCUT2D eigenvalue weighted by Gasteiger charge is -1.96. The van der Waals surface area contributed by atoms with Crippen molar-refractivity contribution in [1.29, 1.82) is 0 Å². The van der Waals surface area contributed by atoms with Gasteiger partial charge in [0.15, 0.2) is 0 Å². The molecule has 0 saturated heterocycles. The third-order valence-corrected chi connectivity index (χ3v) is 2.91. The molecular formula is C11H8N2O4S. The van der Waals surface area contributed by atoms with E-state index in [0.29, 0.717) is 11.0 Å². The predicted octanol–water partition coefficient (Wildman–Crippen LogP) is 1.90.